The van der Waals surface area contributed by atoms with Crippen molar-refractivity contribution in [3.63, 3.8) is 0 Å². The lowest BCUT2D eigenvalue weighted by Crippen LogP contribution is -2.46. The molecule has 0 fully saturated rings. The third kappa shape index (κ3) is 5.64. The summed E-state index contributed by atoms with van der Waals surface area (Å²) in [6.07, 6.45) is -6.84. The van der Waals surface area contributed by atoms with Gasteiger partial charge in [-0.2, -0.15) is 13.2 Å². The van der Waals surface area contributed by atoms with E-state index in [1.807, 2.05) is 0 Å². The Kier molecular flexibility index (Phi) is 7.51. The van der Waals surface area contributed by atoms with E-state index < -0.39 is 54.0 Å². The lowest BCUT2D eigenvalue weighted by atomic mass is 9.93. The summed E-state index contributed by atoms with van der Waals surface area (Å²) in [5, 5.41) is 9.43. The fourth-order valence-electron chi connectivity index (χ4n) is 3.76. The number of anilines is 1. The van der Waals surface area contributed by atoms with E-state index in [1.165, 1.54) is 13.0 Å². The third-order valence-electron chi connectivity index (χ3n) is 5.53. The van der Waals surface area contributed by atoms with Crippen LogP contribution in [0.25, 0.3) is 0 Å². The minimum Gasteiger partial charge on any atom is -0.487 e. The Morgan fingerprint density at radius 1 is 1.20 bits per heavy atom. The number of hydrogen-bond acceptors (Lipinski definition) is 5. The molecule has 35 heavy (non-hydrogen) atoms. The van der Waals surface area contributed by atoms with E-state index in [1.54, 1.807) is 30.3 Å². The number of fused-ring (bicyclic) bond motifs is 1. The molecular formula is C23H22F4N2O6. The Balaban J connectivity index is 2.17. The molecule has 0 aromatic heterocycles. The number of rotatable bonds is 6. The first-order valence-electron chi connectivity index (χ1n) is 10.4. The number of esters is 1. The van der Waals surface area contributed by atoms with Crippen molar-refractivity contribution in [2.24, 2.45) is 0 Å². The van der Waals surface area contributed by atoms with Crippen LogP contribution in [0.2, 0.25) is 0 Å². The molecular weight excluding hydrogens is 476 g/mol. The molecule has 1 heterocycles. The van der Waals surface area contributed by atoms with Crippen LogP contribution >= 0.6 is 0 Å². The molecule has 12 heteroatoms. The zero-order valence-electron chi connectivity index (χ0n) is 18.8. The molecule has 1 aliphatic heterocycles. The fraction of sp³-hybridized carbons (Fsp3) is 0.348. The summed E-state index contributed by atoms with van der Waals surface area (Å²) in [6.45, 7) is -0.140. The number of carboxylic acid groups (broad SMARTS) is 1. The van der Waals surface area contributed by atoms with Crippen molar-refractivity contribution in [3.8, 4) is 5.75 Å². The average molecular weight is 498 g/mol. The van der Waals surface area contributed by atoms with Gasteiger partial charge in [0.05, 0.1) is 7.11 Å². The van der Waals surface area contributed by atoms with Gasteiger partial charge >= 0.3 is 24.1 Å². The molecule has 0 unspecified atom stereocenters. The van der Waals surface area contributed by atoms with Gasteiger partial charge in [0, 0.05) is 12.6 Å². The number of alkyl halides is 3. The van der Waals surface area contributed by atoms with Crippen LogP contribution in [-0.4, -0.2) is 53.8 Å². The maximum atomic E-state index is 15.8. The van der Waals surface area contributed by atoms with Gasteiger partial charge in [-0.1, -0.05) is 30.3 Å². The maximum absolute atomic E-state index is 15.8. The molecule has 1 atom stereocenters. The lowest BCUT2D eigenvalue weighted by Gasteiger charge is -2.35. The molecule has 2 aromatic carbocycles. The van der Waals surface area contributed by atoms with Crippen molar-refractivity contribution in [1.29, 1.82) is 0 Å². The number of benzene rings is 2. The maximum Gasteiger partial charge on any atom is 0.471 e. The van der Waals surface area contributed by atoms with Gasteiger partial charge in [0.2, 0.25) is 0 Å². The molecule has 0 spiro atoms. The van der Waals surface area contributed by atoms with Crippen LogP contribution in [0.4, 0.5) is 28.0 Å². The van der Waals surface area contributed by atoms with Gasteiger partial charge in [-0.15, -0.1) is 0 Å². The van der Waals surface area contributed by atoms with Gasteiger partial charge in [0.25, 0.3) is 0 Å². The number of ether oxygens (including phenoxy) is 2. The molecule has 1 aliphatic rings. The van der Waals surface area contributed by atoms with Crippen LogP contribution in [0.15, 0.2) is 36.4 Å². The monoisotopic (exact) mass is 498 g/mol. The SMILES string of the molecule is COC(=O)CN(C(=O)C(F)(F)F)c1c(OCc2ccccc2)cc2c(c1F)C[C@H](C)N(C(=O)O)C2. The summed E-state index contributed by atoms with van der Waals surface area (Å²) in [6, 6.07) is 8.95. The van der Waals surface area contributed by atoms with E-state index in [-0.39, 0.29) is 35.6 Å². The Hall–Kier alpha value is -3.83. The van der Waals surface area contributed by atoms with Crippen molar-refractivity contribution in [1.82, 2.24) is 4.90 Å². The van der Waals surface area contributed by atoms with Crippen LogP contribution in [0, 0.1) is 5.82 Å². The van der Waals surface area contributed by atoms with E-state index in [4.69, 9.17) is 4.74 Å². The number of hydrogen-bond donors (Lipinski definition) is 1. The summed E-state index contributed by atoms with van der Waals surface area (Å²) in [5.41, 5.74) is -0.170. The van der Waals surface area contributed by atoms with E-state index in [0.717, 1.165) is 12.0 Å². The minimum atomic E-state index is -5.43. The van der Waals surface area contributed by atoms with Crippen molar-refractivity contribution in [3.05, 3.63) is 58.9 Å². The highest BCUT2D eigenvalue weighted by molar-refractivity contribution is 6.02. The quantitative estimate of drug-likeness (QED) is 0.480. The minimum absolute atomic E-state index is 0.0595. The molecule has 0 saturated carbocycles. The summed E-state index contributed by atoms with van der Waals surface area (Å²) in [5.74, 6) is -5.35. The second kappa shape index (κ2) is 10.2. The number of carbonyl (C=O) groups is 3. The Morgan fingerprint density at radius 2 is 1.86 bits per heavy atom. The average Bonchev–Trinajstić information content (AvgIpc) is 2.81. The number of amides is 2. The second-order valence-electron chi connectivity index (χ2n) is 7.88. The van der Waals surface area contributed by atoms with Gasteiger partial charge in [0.1, 0.15) is 24.6 Å². The van der Waals surface area contributed by atoms with Crippen molar-refractivity contribution >= 4 is 23.7 Å². The first-order chi connectivity index (χ1) is 16.4. The molecule has 0 saturated heterocycles. The zero-order chi connectivity index (χ0) is 25.9. The highest BCUT2D eigenvalue weighted by atomic mass is 19.4. The van der Waals surface area contributed by atoms with E-state index in [2.05, 4.69) is 4.74 Å². The van der Waals surface area contributed by atoms with Crippen LogP contribution < -0.4 is 9.64 Å². The predicted octanol–water partition coefficient (Wildman–Crippen LogP) is 3.90. The molecule has 2 amide bonds. The Labute approximate surface area is 197 Å². The van der Waals surface area contributed by atoms with Gasteiger partial charge in [-0.05, 0) is 36.1 Å². The normalized spacial score (nSPS) is 15.3. The Morgan fingerprint density at radius 3 is 2.43 bits per heavy atom. The van der Waals surface area contributed by atoms with Crippen molar-refractivity contribution in [2.75, 3.05) is 18.6 Å². The molecule has 0 radical (unpaired) electrons. The highest BCUT2D eigenvalue weighted by Crippen LogP contribution is 2.41. The molecule has 8 nitrogen and oxygen atoms in total. The number of methoxy groups -OCH3 is 1. The largest absolute Gasteiger partial charge is 0.487 e. The van der Waals surface area contributed by atoms with Crippen LogP contribution in [0.3, 0.4) is 0 Å². The molecule has 0 bridgehead atoms. The summed E-state index contributed by atoms with van der Waals surface area (Å²) >= 11 is 0. The predicted molar refractivity (Wildman–Crippen MR) is 114 cm³/mol. The highest BCUT2D eigenvalue weighted by Gasteiger charge is 2.46. The Bertz CT molecular complexity index is 1120. The first kappa shape index (κ1) is 25.8. The van der Waals surface area contributed by atoms with Crippen molar-refractivity contribution in [2.45, 2.75) is 38.7 Å². The van der Waals surface area contributed by atoms with Gasteiger partial charge < -0.3 is 19.5 Å². The smallest absolute Gasteiger partial charge is 0.471 e. The van der Waals surface area contributed by atoms with Gasteiger partial charge in [-0.3, -0.25) is 14.5 Å². The summed E-state index contributed by atoms with van der Waals surface area (Å²) < 4.78 is 66.1. The van der Waals surface area contributed by atoms with Crippen LogP contribution in [-0.2, 0) is 33.9 Å². The molecule has 188 valence electrons. The van der Waals surface area contributed by atoms with E-state index in [9.17, 15) is 32.7 Å². The second-order valence-corrected chi connectivity index (χ2v) is 7.88. The fourth-order valence-corrected chi connectivity index (χ4v) is 3.76. The number of nitrogens with zero attached hydrogens (tertiary/aromatic N) is 2. The molecule has 3 rings (SSSR count). The van der Waals surface area contributed by atoms with E-state index >= 15 is 4.39 Å². The van der Waals surface area contributed by atoms with Crippen LogP contribution in [0.1, 0.15) is 23.6 Å². The topological polar surface area (TPSA) is 96.4 Å². The van der Waals surface area contributed by atoms with Gasteiger partial charge in [-0.25, -0.2) is 9.18 Å². The van der Waals surface area contributed by atoms with Gasteiger partial charge in [0.15, 0.2) is 5.82 Å². The standard InChI is InChI=1S/C23H22F4N2O6/c1-13-8-16-15(10-28(13)22(32)33)9-17(35-12-14-6-4-3-5-7-14)20(19(16)24)29(11-18(30)34-2)21(31)23(25,26)27/h3-7,9,13H,8,10-12H2,1-2H3,(H,32,33)/t13-/m0/s1. The van der Waals surface area contributed by atoms with Crippen LogP contribution in [0.5, 0.6) is 5.75 Å². The summed E-state index contributed by atoms with van der Waals surface area (Å²) in [4.78, 5) is 36.7. The third-order valence-corrected chi connectivity index (χ3v) is 5.53. The first-order valence-corrected chi connectivity index (χ1v) is 10.4. The lowest BCUT2D eigenvalue weighted by molar-refractivity contribution is -0.171. The summed E-state index contributed by atoms with van der Waals surface area (Å²) in [7, 11) is 0.913. The number of halogens is 4. The molecule has 1 N–H and O–H groups in total. The molecule has 0 aliphatic carbocycles. The van der Waals surface area contributed by atoms with Crippen molar-refractivity contribution < 1.29 is 46.5 Å². The molecule has 2 aromatic rings. The number of carbonyl (C=O) groups excluding carboxylic acids is 2. The van der Waals surface area contributed by atoms with E-state index in [0.29, 0.717) is 5.56 Å². The zero-order valence-corrected chi connectivity index (χ0v) is 18.8.